The summed E-state index contributed by atoms with van der Waals surface area (Å²) in [6, 6.07) is 12.7. The van der Waals surface area contributed by atoms with Crippen molar-refractivity contribution in [2.75, 3.05) is 37.9 Å². The lowest BCUT2D eigenvalue weighted by molar-refractivity contribution is -0.139. The highest BCUT2D eigenvalue weighted by Gasteiger charge is 2.30. The van der Waals surface area contributed by atoms with Crippen LogP contribution in [0.4, 0.5) is 5.69 Å². The topological polar surface area (TPSA) is 105 Å². The third kappa shape index (κ3) is 8.17. The molecule has 35 heavy (non-hydrogen) atoms. The van der Waals surface area contributed by atoms with Crippen molar-refractivity contribution in [1.82, 2.24) is 10.2 Å². The minimum Gasteiger partial charge on any atom is -0.497 e. The zero-order valence-electron chi connectivity index (χ0n) is 21.0. The number of benzene rings is 2. The highest BCUT2D eigenvalue weighted by molar-refractivity contribution is 7.92. The van der Waals surface area contributed by atoms with Gasteiger partial charge in [-0.3, -0.25) is 13.9 Å². The summed E-state index contributed by atoms with van der Waals surface area (Å²) in [6.07, 6.45) is 2.79. The van der Waals surface area contributed by atoms with Crippen LogP contribution in [-0.4, -0.2) is 64.7 Å². The van der Waals surface area contributed by atoms with Crippen LogP contribution in [0.2, 0.25) is 0 Å². The molecule has 0 aliphatic heterocycles. The summed E-state index contributed by atoms with van der Waals surface area (Å²) >= 11 is 0. The van der Waals surface area contributed by atoms with E-state index in [0.29, 0.717) is 23.7 Å². The first kappa shape index (κ1) is 28.0. The number of ether oxygens (including phenoxy) is 2. The highest BCUT2D eigenvalue weighted by Crippen LogP contribution is 2.22. The Balaban J connectivity index is 2.33. The Morgan fingerprint density at radius 3 is 2.00 bits per heavy atom. The third-order valence-electron chi connectivity index (χ3n) is 5.55. The van der Waals surface area contributed by atoms with Gasteiger partial charge in [-0.25, -0.2) is 8.42 Å². The summed E-state index contributed by atoms with van der Waals surface area (Å²) in [5.74, 6) is 0.433. The van der Waals surface area contributed by atoms with Crippen LogP contribution in [0.15, 0.2) is 48.5 Å². The van der Waals surface area contributed by atoms with Gasteiger partial charge < -0.3 is 19.7 Å². The van der Waals surface area contributed by atoms with E-state index in [1.54, 1.807) is 62.6 Å². The summed E-state index contributed by atoms with van der Waals surface area (Å²) < 4.78 is 36.5. The molecule has 2 aromatic carbocycles. The molecule has 0 bridgehead atoms. The first-order valence-corrected chi connectivity index (χ1v) is 13.3. The summed E-state index contributed by atoms with van der Waals surface area (Å²) in [5.41, 5.74) is 1.11. The molecule has 0 radical (unpaired) electrons. The molecule has 0 heterocycles. The Labute approximate surface area is 208 Å². The van der Waals surface area contributed by atoms with E-state index < -0.39 is 28.5 Å². The number of unbranched alkanes of at least 4 members (excludes halogenated alkanes) is 1. The fourth-order valence-electron chi connectivity index (χ4n) is 3.41. The smallest absolute Gasteiger partial charge is 0.244 e. The van der Waals surface area contributed by atoms with Gasteiger partial charge in [0, 0.05) is 13.1 Å². The molecule has 1 N–H and O–H groups in total. The fourth-order valence-corrected chi connectivity index (χ4v) is 4.26. The van der Waals surface area contributed by atoms with Crippen molar-refractivity contribution >= 4 is 27.5 Å². The van der Waals surface area contributed by atoms with Crippen LogP contribution < -0.4 is 19.1 Å². The van der Waals surface area contributed by atoms with Gasteiger partial charge in [-0.15, -0.1) is 0 Å². The Kier molecular flexibility index (Phi) is 10.4. The van der Waals surface area contributed by atoms with E-state index >= 15 is 0 Å². The molecule has 2 amide bonds. The number of anilines is 1. The predicted molar refractivity (Wildman–Crippen MR) is 136 cm³/mol. The fraction of sp³-hybridized carbons (Fsp3) is 0.440. The van der Waals surface area contributed by atoms with Crippen LogP contribution in [0, 0.1) is 0 Å². The molecule has 0 aromatic heterocycles. The van der Waals surface area contributed by atoms with Crippen LogP contribution in [-0.2, 0) is 26.2 Å². The molecular weight excluding hydrogens is 470 g/mol. The van der Waals surface area contributed by atoms with Gasteiger partial charge in [-0.2, -0.15) is 0 Å². The lowest BCUT2D eigenvalue weighted by Crippen LogP contribution is -2.51. The lowest BCUT2D eigenvalue weighted by Gasteiger charge is -2.31. The van der Waals surface area contributed by atoms with Gasteiger partial charge in [0.1, 0.15) is 24.1 Å². The molecule has 0 aliphatic rings. The van der Waals surface area contributed by atoms with Crippen molar-refractivity contribution in [2.45, 2.75) is 39.3 Å². The van der Waals surface area contributed by atoms with Crippen LogP contribution in [0.25, 0.3) is 0 Å². The van der Waals surface area contributed by atoms with Gasteiger partial charge in [-0.1, -0.05) is 25.5 Å². The van der Waals surface area contributed by atoms with Crippen molar-refractivity contribution in [3.8, 4) is 11.5 Å². The van der Waals surface area contributed by atoms with Gasteiger partial charge in [0.25, 0.3) is 0 Å². The lowest BCUT2D eigenvalue weighted by atomic mass is 10.1. The number of rotatable bonds is 13. The van der Waals surface area contributed by atoms with E-state index in [1.165, 1.54) is 12.0 Å². The number of amides is 2. The number of nitrogens with one attached hydrogen (secondary N) is 1. The van der Waals surface area contributed by atoms with E-state index in [9.17, 15) is 18.0 Å². The van der Waals surface area contributed by atoms with Crippen LogP contribution in [0.5, 0.6) is 11.5 Å². The van der Waals surface area contributed by atoms with E-state index in [2.05, 4.69) is 5.32 Å². The highest BCUT2D eigenvalue weighted by atomic mass is 32.2. The Morgan fingerprint density at radius 2 is 1.51 bits per heavy atom. The number of methoxy groups -OCH3 is 2. The zero-order valence-corrected chi connectivity index (χ0v) is 21.8. The molecular formula is C25H35N3O6S. The van der Waals surface area contributed by atoms with Gasteiger partial charge in [0.05, 0.1) is 26.2 Å². The molecule has 0 unspecified atom stereocenters. The average Bonchev–Trinajstić information content (AvgIpc) is 2.85. The largest absolute Gasteiger partial charge is 0.497 e. The summed E-state index contributed by atoms with van der Waals surface area (Å²) in [7, 11) is -0.711. The van der Waals surface area contributed by atoms with Crippen LogP contribution >= 0.6 is 0 Å². The second-order valence-corrected chi connectivity index (χ2v) is 10.1. The third-order valence-corrected chi connectivity index (χ3v) is 6.69. The van der Waals surface area contributed by atoms with Gasteiger partial charge in [-0.05, 0) is 55.3 Å². The minimum absolute atomic E-state index is 0.130. The molecule has 10 heteroatoms. The Bertz CT molecular complexity index is 1070. The Morgan fingerprint density at radius 1 is 0.971 bits per heavy atom. The monoisotopic (exact) mass is 505 g/mol. The molecule has 0 aliphatic carbocycles. The van der Waals surface area contributed by atoms with Gasteiger partial charge in [0.15, 0.2) is 0 Å². The number of sulfonamides is 1. The maximum Gasteiger partial charge on any atom is 0.244 e. The number of carbonyl (C=O) groups is 2. The first-order valence-electron chi connectivity index (χ1n) is 11.4. The SMILES string of the molecule is CCCCNC(=O)[C@H](C)N(Cc1ccc(OC)cc1)C(=O)CN(c1ccc(OC)cc1)S(C)(=O)=O. The van der Waals surface area contributed by atoms with Crippen molar-refractivity contribution in [2.24, 2.45) is 0 Å². The van der Waals surface area contributed by atoms with Crippen LogP contribution in [0.3, 0.4) is 0 Å². The van der Waals surface area contributed by atoms with E-state index in [4.69, 9.17) is 9.47 Å². The standard InChI is InChI=1S/C25H35N3O6S/c1-6-7-16-26-25(30)19(2)27(17-20-8-12-22(33-3)13-9-20)24(29)18-28(35(5,31)32)21-10-14-23(34-4)15-11-21/h8-15,19H,6-7,16-18H2,1-5H3,(H,26,30)/t19-/m0/s1. The molecule has 0 spiro atoms. The second-order valence-electron chi connectivity index (χ2n) is 8.16. The summed E-state index contributed by atoms with van der Waals surface area (Å²) in [5, 5.41) is 2.85. The number of carbonyl (C=O) groups excluding carboxylic acids is 2. The van der Waals surface area contributed by atoms with Crippen molar-refractivity contribution in [1.29, 1.82) is 0 Å². The number of nitrogens with zero attached hydrogens (tertiary/aromatic N) is 2. The molecule has 1 atom stereocenters. The molecule has 9 nitrogen and oxygen atoms in total. The quantitative estimate of drug-likeness (QED) is 0.420. The van der Waals surface area contributed by atoms with Gasteiger partial charge in [0.2, 0.25) is 21.8 Å². The molecule has 0 saturated carbocycles. The van der Waals surface area contributed by atoms with Crippen molar-refractivity contribution in [3.05, 3.63) is 54.1 Å². The molecule has 2 rings (SSSR count). The normalized spacial score (nSPS) is 11.9. The second kappa shape index (κ2) is 13.0. The Hall–Kier alpha value is -3.27. The molecule has 192 valence electrons. The first-order chi connectivity index (χ1) is 16.6. The summed E-state index contributed by atoms with van der Waals surface area (Å²) in [4.78, 5) is 27.7. The zero-order chi connectivity index (χ0) is 26.0. The van der Waals surface area contributed by atoms with Crippen molar-refractivity contribution in [3.63, 3.8) is 0 Å². The van der Waals surface area contributed by atoms with E-state index in [1.807, 2.05) is 6.92 Å². The van der Waals surface area contributed by atoms with Crippen LogP contribution in [0.1, 0.15) is 32.3 Å². The van der Waals surface area contributed by atoms with Gasteiger partial charge >= 0.3 is 0 Å². The molecule has 0 saturated heterocycles. The molecule has 2 aromatic rings. The van der Waals surface area contributed by atoms with Crippen molar-refractivity contribution < 1.29 is 27.5 Å². The number of hydrogen-bond donors (Lipinski definition) is 1. The van der Waals surface area contributed by atoms with E-state index in [-0.39, 0.29) is 12.5 Å². The summed E-state index contributed by atoms with van der Waals surface area (Å²) in [6.45, 7) is 3.85. The maximum atomic E-state index is 13.5. The van der Waals surface area contributed by atoms with E-state index in [0.717, 1.165) is 29.0 Å². The molecule has 0 fully saturated rings. The predicted octanol–water partition coefficient (Wildman–Crippen LogP) is 2.80. The maximum absolute atomic E-state index is 13.5. The number of hydrogen-bond acceptors (Lipinski definition) is 6. The minimum atomic E-state index is -3.78. The average molecular weight is 506 g/mol.